The summed E-state index contributed by atoms with van der Waals surface area (Å²) < 4.78 is 18.1. The molecule has 0 spiro atoms. The van der Waals surface area contributed by atoms with Gasteiger partial charge in [0.05, 0.1) is 25.9 Å². The third-order valence-electron chi connectivity index (χ3n) is 6.37. The van der Waals surface area contributed by atoms with Crippen LogP contribution in [0.4, 0.5) is 0 Å². The van der Waals surface area contributed by atoms with Crippen molar-refractivity contribution < 1.29 is 19.0 Å². The van der Waals surface area contributed by atoms with Crippen LogP contribution in [-0.2, 0) is 38.8 Å². The molecule has 1 fully saturated rings. The van der Waals surface area contributed by atoms with Crippen LogP contribution in [0.25, 0.3) is 0 Å². The van der Waals surface area contributed by atoms with Gasteiger partial charge in [0.25, 0.3) is 0 Å². The normalized spacial score (nSPS) is 20.1. The average Bonchev–Trinajstić information content (AvgIpc) is 3.24. The summed E-state index contributed by atoms with van der Waals surface area (Å²) in [6.07, 6.45) is 3.84. The standard InChI is InChI=1S/C31H35NO4/c1-2-34-30(33)20-12-19-28-31(36-24-27-17-10-5-11-18-27)29(35-23-26-15-8-4-9-16-26)22-32(28)21-25-13-6-3-7-14-25/h3-18,20,28-29,31H,2,19,21-24H2,1H3/b20-12-/t28-,29+,31+/m0/s1. The number of nitrogens with zero attached hydrogens (tertiary/aromatic N) is 1. The summed E-state index contributed by atoms with van der Waals surface area (Å²) in [7, 11) is 0. The summed E-state index contributed by atoms with van der Waals surface area (Å²) in [5, 5.41) is 0. The number of ether oxygens (including phenoxy) is 3. The highest BCUT2D eigenvalue weighted by atomic mass is 16.5. The molecule has 1 aliphatic heterocycles. The van der Waals surface area contributed by atoms with Gasteiger partial charge in [-0.15, -0.1) is 0 Å². The zero-order valence-corrected chi connectivity index (χ0v) is 20.9. The quantitative estimate of drug-likeness (QED) is 0.249. The van der Waals surface area contributed by atoms with Crippen molar-refractivity contribution in [3.63, 3.8) is 0 Å². The van der Waals surface area contributed by atoms with E-state index in [1.807, 2.05) is 55.5 Å². The predicted octanol–water partition coefficient (Wildman–Crippen LogP) is 5.55. The van der Waals surface area contributed by atoms with Crippen molar-refractivity contribution in [2.24, 2.45) is 0 Å². The molecule has 188 valence electrons. The smallest absolute Gasteiger partial charge is 0.330 e. The summed E-state index contributed by atoms with van der Waals surface area (Å²) >= 11 is 0. The van der Waals surface area contributed by atoms with Crippen LogP contribution < -0.4 is 0 Å². The third-order valence-corrected chi connectivity index (χ3v) is 6.37. The molecule has 5 nitrogen and oxygen atoms in total. The number of benzene rings is 3. The van der Waals surface area contributed by atoms with E-state index in [0.29, 0.717) is 26.2 Å². The highest BCUT2D eigenvalue weighted by Crippen LogP contribution is 2.30. The minimum Gasteiger partial charge on any atom is -0.463 e. The molecular weight excluding hydrogens is 450 g/mol. The highest BCUT2D eigenvalue weighted by Gasteiger charge is 2.42. The van der Waals surface area contributed by atoms with Gasteiger partial charge in [-0.05, 0) is 30.0 Å². The lowest BCUT2D eigenvalue weighted by Crippen LogP contribution is -2.38. The fourth-order valence-corrected chi connectivity index (χ4v) is 4.61. The molecule has 0 unspecified atom stereocenters. The number of rotatable bonds is 12. The van der Waals surface area contributed by atoms with E-state index < -0.39 is 0 Å². The highest BCUT2D eigenvalue weighted by molar-refractivity contribution is 5.81. The van der Waals surface area contributed by atoms with Gasteiger partial charge in [-0.2, -0.15) is 0 Å². The SMILES string of the molecule is CCOC(=O)/C=C\C[C@H]1[C@@H](OCc2ccccc2)[C@H](OCc2ccccc2)CN1Cc1ccccc1. The predicted molar refractivity (Wildman–Crippen MR) is 141 cm³/mol. The first kappa shape index (κ1) is 25.8. The first-order valence-corrected chi connectivity index (χ1v) is 12.6. The van der Waals surface area contributed by atoms with Crippen molar-refractivity contribution in [1.82, 2.24) is 4.90 Å². The minimum absolute atomic E-state index is 0.0559. The van der Waals surface area contributed by atoms with Gasteiger partial charge in [-0.25, -0.2) is 4.79 Å². The van der Waals surface area contributed by atoms with Gasteiger partial charge < -0.3 is 14.2 Å². The maximum absolute atomic E-state index is 11.9. The Labute approximate surface area is 214 Å². The fraction of sp³-hybridized carbons (Fsp3) is 0.323. The Kier molecular flexibility index (Phi) is 9.86. The van der Waals surface area contributed by atoms with Crippen molar-refractivity contribution in [2.45, 2.75) is 51.4 Å². The first-order valence-electron chi connectivity index (χ1n) is 12.6. The molecule has 0 saturated carbocycles. The average molecular weight is 486 g/mol. The van der Waals surface area contributed by atoms with Crippen LogP contribution in [0.1, 0.15) is 30.0 Å². The van der Waals surface area contributed by atoms with E-state index in [4.69, 9.17) is 14.2 Å². The molecule has 0 aliphatic carbocycles. The van der Waals surface area contributed by atoms with E-state index in [1.165, 1.54) is 11.6 Å². The van der Waals surface area contributed by atoms with Crippen LogP contribution in [0.3, 0.4) is 0 Å². The Morgan fingerprint density at radius 2 is 1.39 bits per heavy atom. The van der Waals surface area contributed by atoms with Crippen LogP contribution >= 0.6 is 0 Å². The Hall–Kier alpha value is -3.25. The molecule has 0 N–H and O–H groups in total. The fourth-order valence-electron chi connectivity index (χ4n) is 4.61. The first-order chi connectivity index (χ1) is 17.7. The lowest BCUT2D eigenvalue weighted by atomic mass is 10.1. The van der Waals surface area contributed by atoms with Crippen molar-refractivity contribution in [2.75, 3.05) is 13.2 Å². The van der Waals surface area contributed by atoms with Gasteiger partial charge in [0, 0.05) is 25.2 Å². The van der Waals surface area contributed by atoms with Crippen molar-refractivity contribution in [1.29, 1.82) is 0 Å². The van der Waals surface area contributed by atoms with Crippen LogP contribution in [0.2, 0.25) is 0 Å². The molecule has 0 bridgehead atoms. The molecule has 4 rings (SSSR count). The molecular formula is C31H35NO4. The zero-order valence-electron chi connectivity index (χ0n) is 20.9. The molecule has 3 aromatic rings. The lowest BCUT2D eigenvalue weighted by Gasteiger charge is -2.28. The molecule has 5 heteroatoms. The van der Waals surface area contributed by atoms with Crippen molar-refractivity contribution in [3.05, 3.63) is 120 Å². The molecule has 36 heavy (non-hydrogen) atoms. The second-order valence-electron chi connectivity index (χ2n) is 8.97. The van der Waals surface area contributed by atoms with E-state index in [2.05, 4.69) is 53.4 Å². The number of carbonyl (C=O) groups excluding carboxylic acids is 1. The van der Waals surface area contributed by atoms with E-state index in [1.54, 1.807) is 0 Å². The van der Waals surface area contributed by atoms with Gasteiger partial charge in [0.2, 0.25) is 0 Å². The van der Waals surface area contributed by atoms with Gasteiger partial charge in [0.15, 0.2) is 0 Å². The molecule has 0 aromatic heterocycles. The van der Waals surface area contributed by atoms with Crippen LogP contribution in [0.5, 0.6) is 0 Å². The van der Waals surface area contributed by atoms with Crippen molar-refractivity contribution >= 4 is 5.97 Å². The Morgan fingerprint density at radius 1 is 0.833 bits per heavy atom. The summed E-state index contributed by atoms with van der Waals surface area (Å²) in [6.45, 7) is 4.75. The van der Waals surface area contributed by atoms with Crippen LogP contribution in [-0.4, -0.2) is 42.3 Å². The van der Waals surface area contributed by atoms with Gasteiger partial charge in [0.1, 0.15) is 6.10 Å². The van der Waals surface area contributed by atoms with E-state index in [-0.39, 0.29) is 24.2 Å². The van der Waals surface area contributed by atoms with Gasteiger partial charge >= 0.3 is 5.97 Å². The molecule has 0 amide bonds. The number of esters is 1. The number of hydrogen-bond donors (Lipinski definition) is 0. The molecule has 1 saturated heterocycles. The summed E-state index contributed by atoms with van der Waals surface area (Å²) in [6, 6.07) is 30.9. The zero-order chi connectivity index (χ0) is 25.0. The largest absolute Gasteiger partial charge is 0.463 e. The minimum atomic E-state index is -0.316. The second-order valence-corrected chi connectivity index (χ2v) is 8.97. The number of hydrogen-bond acceptors (Lipinski definition) is 5. The Morgan fingerprint density at radius 3 is 1.97 bits per heavy atom. The molecule has 1 aliphatic rings. The van der Waals surface area contributed by atoms with Gasteiger partial charge in [-0.1, -0.05) is 97.1 Å². The van der Waals surface area contributed by atoms with E-state index in [9.17, 15) is 4.79 Å². The molecule has 3 atom stereocenters. The maximum atomic E-state index is 11.9. The Balaban J connectivity index is 1.54. The Bertz CT molecular complexity index is 1070. The molecule has 1 heterocycles. The van der Waals surface area contributed by atoms with Crippen LogP contribution in [0.15, 0.2) is 103 Å². The lowest BCUT2D eigenvalue weighted by molar-refractivity contribution is -0.137. The van der Waals surface area contributed by atoms with E-state index >= 15 is 0 Å². The topological polar surface area (TPSA) is 48.0 Å². The summed E-state index contributed by atoms with van der Waals surface area (Å²) in [4.78, 5) is 14.3. The third kappa shape index (κ3) is 7.62. The van der Waals surface area contributed by atoms with Crippen LogP contribution in [0, 0.1) is 0 Å². The molecule has 0 radical (unpaired) electrons. The summed E-state index contributed by atoms with van der Waals surface area (Å²) in [5.74, 6) is -0.316. The number of carbonyl (C=O) groups is 1. The maximum Gasteiger partial charge on any atom is 0.330 e. The number of likely N-dealkylation sites (tertiary alicyclic amines) is 1. The molecule has 3 aromatic carbocycles. The van der Waals surface area contributed by atoms with Crippen molar-refractivity contribution in [3.8, 4) is 0 Å². The second kappa shape index (κ2) is 13.7. The monoisotopic (exact) mass is 485 g/mol. The van der Waals surface area contributed by atoms with Gasteiger partial charge in [-0.3, -0.25) is 4.90 Å². The summed E-state index contributed by atoms with van der Waals surface area (Å²) in [5.41, 5.74) is 3.50. The van der Waals surface area contributed by atoms with E-state index in [0.717, 1.165) is 24.2 Å².